The number of rotatable bonds is 9. The smallest absolute Gasteiger partial charge is 0.164 e. The molecular weight excluding hydrogens is 1020 g/mol. The molecule has 84 heavy (non-hydrogen) atoms. The summed E-state index contributed by atoms with van der Waals surface area (Å²) < 4.78 is 0. The Balaban J connectivity index is 0.701. The van der Waals surface area contributed by atoms with E-state index in [9.17, 15) is 0 Å². The summed E-state index contributed by atoms with van der Waals surface area (Å²) in [5.74, 6) is 3.67. The monoisotopic (exact) mass is 1070 g/mol. The van der Waals surface area contributed by atoms with Crippen molar-refractivity contribution in [3.63, 3.8) is 0 Å². The summed E-state index contributed by atoms with van der Waals surface area (Å²) in [7, 11) is 0. The van der Waals surface area contributed by atoms with E-state index < -0.39 is 0 Å². The van der Waals surface area contributed by atoms with Crippen LogP contribution in [-0.2, 0) is 0 Å². The van der Waals surface area contributed by atoms with E-state index in [1.54, 1.807) is 0 Å². The maximum absolute atomic E-state index is 5.16. The van der Waals surface area contributed by atoms with Gasteiger partial charge in [0.25, 0.3) is 0 Å². The van der Waals surface area contributed by atoms with Gasteiger partial charge in [0.2, 0.25) is 0 Å². The van der Waals surface area contributed by atoms with E-state index in [4.69, 9.17) is 39.9 Å². The summed E-state index contributed by atoms with van der Waals surface area (Å²) >= 11 is 0. The van der Waals surface area contributed by atoms with E-state index in [2.05, 4.69) is 261 Å². The van der Waals surface area contributed by atoms with E-state index in [0.29, 0.717) is 34.9 Å². The minimum atomic E-state index is 0.602. The van der Waals surface area contributed by atoms with Crippen LogP contribution in [0.5, 0.6) is 0 Å². The lowest BCUT2D eigenvalue weighted by Gasteiger charge is -2.11. The number of pyridine rings is 2. The molecule has 12 aromatic carbocycles. The van der Waals surface area contributed by atoms with Crippen LogP contribution in [0.15, 0.2) is 279 Å². The van der Waals surface area contributed by atoms with Gasteiger partial charge in [-0.05, 0) is 120 Å². The number of hydrogen-bond acceptors (Lipinski definition) is 8. The quantitative estimate of drug-likeness (QED) is 0.141. The predicted octanol–water partition coefficient (Wildman–Crippen LogP) is 18.8. The molecule has 16 aromatic rings. The Bertz CT molecular complexity index is 5170. The molecule has 0 spiro atoms. The Morgan fingerprint density at radius 3 is 1.02 bits per heavy atom. The van der Waals surface area contributed by atoms with Gasteiger partial charge in [-0.25, -0.2) is 29.9 Å². The molecule has 8 heteroatoms. The molecule has 4 aromatic heterocycles. The van der Waals surface area contributed by atoms with E-state index in [0.717, 1.165) is 121 Å². The Kier molecular flexibility index (Phi) is 11.7. The molecule has 0 saturated carbocycles. The van der Waals surface area contributed by atoms with Crippen LogP contribution >= 0.6 is 0 Å². The van der Waals surface area contributed by atoms with Gasteiger partial charge in [-0.2, -0.15) is 0 Å². The van der Waals surface area contributed by atoms with Gasteiger partial charge in [0.15, 0.2) is 34.9 Å². The topological polar surface area (TPSA) is 103 Å². The molecule has 0 aliphatic rings. The van der Waals surface area contributed by atoms with Crippen molar-refractivity contribution in [1.82, 2.24) is 39.9 Å². The van der Waals surface area contributed by atoms with Gasteiger partial charge in [0.05, 0.1) is 11.0 Å². The largest absolute Gasteiger partial charge is 0.256 e. The molecular formula is C76H46N8. The number of benzene rings is 12. The predicted molar refractivity (Wildman–Crippen MR) is 343 cm³/mol. The summed E-state index contributed by atoms with van der Waals surface area (Å²) in [5, 5.41) is 11.2. The zero-order chi connectivity index (χ0) is 55.5. The second kappa shape index (κ2) is 20.3. The minimum absolute atomic E-state index is 0.602. The first-order valence-electron chi connectivity index (χ1n) is 28.0. The molecule has 0 aliphatic heterocycles. The van der Waals surface area contributed by atoms with Crippen LogP contribution in [0.3, 0.4) is 0 Å². The van der Waals surface area contributed by atoms with Gasteiger partial charge < -0.3 is 0 Å². The molecule has 0 fully saturated rings. The fourth-order valence-corrected chi connectivity index (χ4v) is 11.5. The van der Waals surface area contributed by atoms with Crippen molar-refractivity contribution in [3.05, 3.63) is 279 Å². The summed E-state index contributed by atoms with van der Waals surface area (Å²) in [6, 6.07) is 93.2. The van der Waals surface area contributed by atoms with Gasteiger partial charge in [-0.3, -0.25) is 9.97 Å². The van der Waals surface area contributed by atoms with E-state index in [-0.39, 0.29) is 0 Å². The third-order valence-corrected chi connectivity index (χ3v) is 16.0. The maximum atomic E-state index is 5.16. The number of para-hydroxylation sites is 1. The lowest BCUT2D eigenvalue weighted by molar-refractivity contribution is 1.07. The highest BCUT2D eigenvalue weighted by atomic mass is 15.0. The van der Waals surface area contributed by atoms with Crippen molar-refractivity contribution >= 4 is 64.9 Å². The highest BCUT2D eigenvalue weighted by Gasteiger charge is 2.17. The lowest BCUT2D eigenvalue weighted by atomic mass is 9.97. The maximum Gasteiger partial charge on any atom is 0.164 e. The van der Waals surface area contributed by atoms with Crippen molar-refractivity contribution in [2.24, 2.45) is 0 Å². The fraction of sp³-hybridized carbons (Fsp3) is 0. The van der Waals surface area contributed by atoms with Crippen molar-refractivity contribution in [1.29, 1.82) is 0 Å². The van der Waals surface area contributed by atoms with Crippen LogP contribution in [0.25, 0.3) is 167 Å². The molecule has 4 heterocycles. The lowest BCUT2D eigenvalue weighted by Crippen LogP contribution is -2.00. The first-order valence-corrected chi connectivity index (χ1v) is 28.0. The summed E-state index contributed by atoms with van der Waals surface area (Å²) in [6.45, 7) is 0. The minimum Gasteiger partial charge on any atom is -0.256 e. The van der Waals surface area contributed by atoms with Crippen LogP contribution < -0.4 is 0 Å². The van der Waals surface area contributed by atoms with Gasteiger partial charge in [0, 0.05) is 67.7 Å². The second-order valence-corrected chi connectivity index (χ2v) is 21.2. The average Bonchev–Trinajstić information content (AvgIpc) is 3.72. The average molecular weight is 1070 g/mol. The van der Waals surface area contributed by atoms with Gasteiger partial charge in [-0.15, -0.1) is 0 Å². The Morgan fingerprint density at radius 2 is 0.524 bits per heavy atom. The molecule has 0 N–H and O–H groups in total. The third kappa shape index (κ3) is 9.10. The molecule has 0 bridgehead atoms. The van der Waals surface area contributed by atoms with Crippen molar-refractivity contribution in [2.75, 3.05) is 0 Å². The van der Waals surface area contributed by atoms with E-state index >= 15 is 0 Å². The zero-order valence-electron chi connectivity index (χ0n) is 45.1. The van der Waals surface area contributed by atoms with Gasteiger partial charge in [0.1, 0.15) is 0 Å². The molecule has 0 unspecified atom stereocenters. The van der Waals surface area contributed by atoms with Crippen LogP contribution in [0.4, 0.5) is 0 Å². The Morgan fingerprint density at radius 1 is 0.190 bits per heavy atom. The van der Waals surface area contributed by atoms with Crippen LogP contribution in [0, 0.1) is 0 Å². The van der Waals surface area contributed by atoms with E-state index in [1.165, 1.54) is 10.8 Å². The first kappa shape index (κ1) is 48.4. The molecule has 0 aliphatic carbocycles. The van der Waals surface area contributed by atoms with Crippen molar-refractivity contribution in [3.8, 4) is 102 Å². The Hall–Kier alpha value is -11.5. The summed E-state index contributed by atoms with van der Waals surface area (Å²) in [6.07, 6.45) is 3.79. The molecule has 0 radical (unpaired) electrons. The first-order chi connectivity index (χ1) is 41.5. The number of nitrogens with zero attached hydrogens (tertiary/aromatic N) is 8. The fourth-order valence-electron chi connectivity index (χ4n) is 11.5. The van der Waals surface area contributed by atoms with Crippen LogP contribution in [0.1, 0.15) is 0 Å². The number of hydrogen-bond donors (Lipinski definition) is 0. The number of fused-ring (bicyclic) bond motifs is 6. The van der Waals surface area contributed by atoms with Crippen LogP contribution in [-0.4, -0.2) is 39.9 Å². The molecule has 0 saturated heterocycles. The van der Waals surface area contributed by atoms with Gasteiger partial charge >= 0.3 is 0 Å². The molecule has 0 atom stereocenters. The van der Waals surface area contributed by atoms with Crippen LogP contribution in [0.2, 0.25) is 0 Å². The van der Waals surface area contributed by atoms with E-state index in [1.807, 2.05) is 18.5 Å². The highest BCUT2D eigenvalue weighted by molar-refractivity contribution is 5.96. The zero-order valence-corrected chi connectivity index (χ0v) is 45.1. The second-order valence-electron chi connectivity index (χ2n) is 21.2. The third-order valence-electron chi connectivity index (χ3n) is 16.0. The standard InChI is InChI=1S/C76H46N8/c1-4-12-55-40-62(32-20-47(55)9-1)73-79-71(80-74(83-73)63-33-21-48-10-2-5-13-56(48)41-63)53-25-18-50(19-26-53)67-45-66-44-61(36-37-69(66)78-46-67)58-29-30-60-43-65(35-31-59(60)39-58)76-82-72(81-75(84-76)64-34-22-49-11-3-6-14-57(49)42-64)54-27-23-51(24-28-54)68-17-7-15-52-16-8-38-77-70(52)68/h1-46H. The molecule has 16 rings (SSSR count). The molecule has 390 valence electrons. The molecule has 0 amide bonds. The summed E-state index contributed by atoms with van der Waals surface area (Å²) in [4.78, 5) is 40.3. The SMILES string of the molecule is c1ccc2cc(-c3nc(-c4ccc(-c5cnc6ccc(-c7ccc8cc(-c9nc(-c%10ccc(-c%11cccc%12cccnc%11%12)cc%10)nc(-c%10ccc%11ccccc%11c%10)n9)ccc8c7)cc6c5)cc4)nc(-c4ccc5ccccc5c4)n3)ccc2c1. The van der Waals surface area contributed by atoms with Crippen molar-refractivity contribution in [2.45, 2.75) is 0 Å². The molecule has 8 nitrogen and oxygen atoms in total. The Labute approximate surface area is 483 Å². The van der Waals surface area contributed by atoms with Gasteiger partial charge in [-0.1, -0.05) is 212 Å². The normalized spacial score (nSPS) is 11.6. The number of aromatic nitrogens is 8. The highest BCUT2D eigenvalue weighted by Crippen LogP contribution is 2.36. The van der Waals surface area contributed by atoms with Crippen molar-refractivity contribution < 1.29 is 0 Å². The summed E-state index contributed by atoms with van der Waals surface area (Å²) in [5.41, 5.74) is 13.8.